The average molecular weight is 505 g/mol. The fourth-order valence-electron chi connectivity index (χ4n) is 2.40. The topological polar surface area (TPSA) is 83.4 Å². The van der Waals surface area contributed by atoms with Crippen LogP contribution in [0, 0.1) is 3.57 Å². The summed E-state index contributed by atoms with van der Waals surface area (Å²) in [4.78, 5) is 24.6. The number of furan rings is 1. The molecule has 0 unspecified atom stereocenters. The number of anilines is 1. The standard InChI is InChI=1S/C20H16IN3O3S/c21-17-9-2-1-8-16(17)19(26)24-20(28)23-14-6-3-5-13(11-14)18(25)22-12-15-7-4-10-27-15/h1-11H,12H2,(H,22,25)(H2,23,24,26,28). The second-order valence-electron chi connectivity index (χ2n) is 5.73. The van der Waals surface area contributed by atoms with Crippen molar-refractivity contribution in [3.05, 3.63) is 87.4 Å². The number of hydrogen-bond donors (Lipinski definition) is 3. The van der Waals surface area contributed by atoms with Crippen molar-refractivity contribution >= 4 is 57.4 Å². The zero-order valence-corrected chi connectivity index (χ0v) is 17.5. The SMILES string of the molecule is O=C(NCc1ccco1)c1cccc(NC(=S)NC(=O)c2ccccc2I)c1. The minimum absolute atomic E-state index is 0.151. The predicted molar refractivity (Wildman–Crippen MR) is 119 cm³/mol. The van der Waals surface area contributed by atoms with Crippen LogP contribution >= 0.6 is 34.8 Å². The quantitative estimate of drug-likeness (QED) is 0.362. The van der Waals surface area contributed by atoms with Crippen molar-refractivity contribution in [1.82, 2.24) is 10.6 Å². The van der Waals surface area contributed by atoms with Crippen molar-refractivity contribution < 1.29 is 14.0 Å². The molecule has 0 fully saturated rings. The zero-order chi connectivity index (χ0) is 19.9. The molecule has 1 aromatic heterocycles. The Morgan fingerprint density at radius 2 is 1.82 bits per heavy atom. The van der Waals surface area contributed by atoms with E-state index in [0.717, 1.165) is 3.57 Å². The maximum absolute atomic E-state index is 12.3. The number of hydrogen-bond acceptors (Lipinski definition) is 4. The van der Waals surface area contributed by atoms with Gasteiger partial charge in [0.25, 0.3) is 11.8 Å². The number of carbonyl (C=O) groups is 2. The van der Waals surface area contributed by atoms with Gasteiger partial charge in [-0.15, -0.1) is 0 Å². The molecule has 6 nitrogen and oxygen atoms in total. The molecule has 8 heteroatoms. The summed E-state index contributed by atoms with van der Waals surface area (Å²) in [5.74, 6) is 0.130. The summed E-state index contributed by atoms with van der Waals surface area (Å²) in [6.45, 7) is 0.299. The van der Waals surface area contributed by atoms with Crippen molar-refractivity contribution in [2.75, 3.05) is 5.32 Å². The second kappa shape index (κ2) is 9.47. The first kappa shape index (κ1) is 20.0. The minimum Gasteiger partial charge on any atom is -0.467 e. The lowest BCUT2D eigenvalue weighted by Crippen LogP contribution is -2.34. The van der Waals surface area contributed by atoms with Gasteiger partial charge in [-0.1, -0.05) is 18.2 Å². The molecular formula is C20H16IN3O3S. The number of halogens is 1. The van der Waals surface area contributed by atoms with Crippen molar-refractivity contribution in [2.24, 2.45) is 0 Å². The zero-order valence-electron chi connectivity index (χ0n) is 14.6. The van der Waals surface area contributed by atoms with Crippen LogP contribution in [0.15, 0.2) is 71.3 Å². The van der Waals surface area contributed by atoms with E-state index < -0.39 is 0 Å². The van der Waals surface area contributed by atoms with Gasteiger partial charge in [0, 0.05) is 14.8 Å². The van der Waals surface area contributed by atoms with Crippen LogP contribution < -0.4 is 16.0 Å². The lowest BCUT2D eigenvalue weighted by molar-refractivity contribution is 0.0946. The van der Waals surface area contributed by atoms with E-state index in [-0.39, 0.29) is 16.9 Å². The third-order valence-electron chi connectivity index (χ3n) is 3.73. The summed E-state index contributed by atoms with van der Waals surface area (Å²) in [5.41, 5.74) is 1.60. The summed E-state index contributed by atoms with van der Waals surface area (Å²) >= 11 is 7.30. The molecule has 2 aromatic carbocycles. The first-order valence-corrected chi connectivity index (χ1v) is 9.79. The molecule has 2 amide bonds. The lowest BCUT2D eigenvalue weighted by Gasteiger charge is -2.11. The highest BCUT2D eigenvalue weighted by Gasteiger charge is 2.12. The lowest BCUT2D eigenvalue weighted by atomic mass is 10.2. The number of rotatable bonds is 5. The van der Waals surface area contributed by atoms with E-state index in [1.807, 2.05) is 12.1 Å². The molecule has 0 radical (unpaired) electrons. The van der Waals surface area contributed by atoms with Crippen molar-refractivity contribution in [1.29, 1.82) is 0 Å². The normalized spacial score (nSPS) is 10.2. The Labute approximate surface area is 180 Å². The summed E-state index contributed by atoms with van der Waals surface area (Å²) in [5, 5.41) is 8.50. The second-order valence-corrected chi connectivity index (χ2v) is 7.30. The van der Waals surface area contributed by atoms with Gasteiger partial charge < -0.3 is 15.1 Å². The van der Waals surface area contributed by atoms with Gasteiger partial charge in [0.1, 0.15) is 5.76 Å². The predicted octanol–water partition coefficient (Wildman–Crippen LogP) is 3.94. The first-order chi connectivity index (χ1) is 13.5. The van der Waals surface area contributed by atoms with E-state index >= 15 is 0 Å². The Hall–Kier alpha value is -2.72. The molecule has 0 aliphatic carbocycles. The highest BCUT2D eigenvalue weighted by Crippen LogP contribution is 2.13. The van der Waals surface area contributed by atoms with Crippen LogP contribution in [0.3, 0.4) is 0 Å². The van der Waals surface area contributed by atoms with Crippen LogP contribution in [0.25, 0.3) is 0 Å². The Kier molecular flexibility index (Phi) is 6.77. The Morgan fingerprint density at radius 1 is 1.00 bits per heavy atom. The number of nitrogens with one attached hydrogen (secondary N) is 3. The molecule has 0 atom stereocenters. The molecule has 28 heavy (non-hydrogen) atoms. The maximum Gasteiger partial charge on any atom is 0.258 e. The van der Waals surface area contributed by atoms with Gasteiger partial charge in [0.05, 0.1) is 18.4 Å². The monoisotopic (exact) mass is 505 g/mol. The van der Waals surface area contributed by atoms with Crippen LogP contribution in [0.2, 0.25) is 0 Å². The van der Waals surface area contributed by atoms with Crippen LogP contribution in [0.4, 0.5) is 5.69 Å². The highest BCUT2D eigenvalue weighted by atomic mass is 127. The van der Waals surface area contributed by atoms with Crippen LogP contribution in [0.1, 0.15) is 26.5 Å². The molecule has 3 aromatic rings. The van der Waals surface area contributed by atoms with Gasteiger partial charge in [-0.2, -0.15) is 0 Å². The number of benzene rings is 2. The van der Waals surface area contributed by atoms with Crippen molar-refractivity contribution in [3.63, 3.8) is 0 Å². The molecule has 3 rings (SSSR count). The van der Waals surface area contributed by atoms with Gasteiger partial charge in [-0.25, -0.2) is 0 Å². The number of amides is 2. The third kappa shape index (κ3) is 5.40. The molecule has 3 N–H and O–H groups in total. The fourth-order valence-corrected chi connectivity index (χ4v) is 3.24. The summed E-state index contributed by atoms with van der Waals surface area (Å²) in [7, 11) is 0. The maximum atomic E-state index is 12.3. The van der Waals surface area contributed by atoms with Gasteiger partial charge in [-0.05, 0) is 77.3 Å². The number of thiocarbonyl (C=S) groups is 1. The van der Waals surface area contributed by atoms with E-state index in [9.17, 15) is 9.59 Å². The van der Waals surface area contributed by atoms with Crippen molar-refractivity contribution in [3.8, 4) is 0 Å². The van der Waals surface area contributed by atoms with E-state index in [2.05, 4.69) is 38.5 Å². The Morgan fingerprint density at radius 3 is 2.57 bits per heavy atom. The van der Waals surface area contributed by atoms with Crippen LogP contribution in [0.5, 0.6) is 0 Å². The molecule has 1 heterocycles. The molecule has 0 aliphatic rings. The fraction of sp³-hybridized carbons (Fsp3) is 0.0500. The molecule has 0 bridgehead atoms. The molecule has 142 valence electrons. The third-order valence-corrected chi connectivity index (χ3v) is 4.88. The smallest absolute Gasteiger partial charge is 0.258 e. The van der Waals surface area contributed by atoms with E-state index in [1.54, 1.807) is 54.8 Å². The van der Waals surface area contributed by atoms with E-state index in [0.29, 0.717) is 29.1 Å². The highest BCUT2D eigenvalue weighted by molar-refractivity contribution is 14.1. The molecule has 0 saturated carbocycles. The summed E-state index contributed by atoms with van der Waals surface area (Å²) in [6.07, 6.45) is 1.55. The van der Waals surface area contributed by atoms with Crippen LogP contribution in [-0.2, 0) is 6.54 Å². The average Bonchev–Trinajstić information content (AvgIpc) is 3.20. The van der Waals surface area contributed by atoms with Crippen molar-refractivity contribution in [2.45, 2.75) is 6.54 Å². The summed E-state index contributed by atoms with van der Waals surface area (Å²) in [6, 6.07) is 17.6. The summed E-state index contributed by atoms with van der Waals surface area (Å²) < 4.78 is 6.02. The van der Waals surface area contributed by atoms with E-state index in [1.165, 1.54) is 0 Å². The van der Waals surface area contributed by atoms with E-state index in [4.69, 9.17) is 16.6 Å². The van der Waals surface area contributed by atoms with Crippen LogP contribution in [-0.4, -0.2) is 16.9 Å². The molecular weight excluding hydrogens is 489 g/mol. The van der Waals surface area contributed by atoms with Gasteiger partial charge in [-0.3, -0.25) is 14.9 Å². The first-order valence-electron chi connectivity index (χ1n) is 8.30. The van der Waals surface area contributed by atoms with Gasteiger partial charge in [0.15, 0.2) is 5.11 Å². The largest absolute Gasteiger partial charge is 0.467 e. The molecule has 0 spiro atoms. The molecule has 0 saturated heterocycles. The number of carbonyl (C=O) groups excluding carboxylic acids is 2. The Bertz CT molecular complexity index is 1010. The van der Waals surface area contributed by atoms with Gasteiger partial charge in [0.2, 0.25) is 0 Å². The minimum atomic E-state index is -0.296. The molecule has 0 aliphatic heterocycles. The van der Waals surface area contributed by atoms with Gasteiger partial charge >= 0.3 is 0 Å². The Balaban J connectivity index is 1.59.